The van der Waals surface area contributed by atoms with E-state index in [4.69, 9.17) is 11.6 Å². The van der Waals surface area contributed by atoms with Crippen LogP contribution < -0.4 is 0 Å². The first kappa shape index (κ1) is 24.5. The van der Waals surface area contributed by atoms with Gasteiger partial charge < -0.3 is 10.2 Å². The smallest absolute Gasteiger partial charge is 0.132 e. The molecule has 6 aromatic carbocycles. The number of phenolic OH excluding ortho intramolecular Hbond substituents is 2. The fourth-order valence-corrected chi connectivity index (χ4v) is 5.57. The number of rotatable bonds is 5. The van der Waals surface area contributed by atoms with Gasteiger partial charge in [-0.25, -0.2) is 0 Å². The van der Waals surface area contributed by atoms with E-state index in [0.29, 0.717) is 21.7 Å². The van der Waals surface area contributed by atoms with Gasteiger partial charge in [-0.1, -0.05) is 139 Å². The lowest BCUT2D eigenvalue weighted by Crippen LogP contribution is -1.99. The molecule has 6 aromatic rings. The monoisotopic (exact) mass is 524 g/mol. The molecule has 0 fully saturated rings. The molecule has 0 atom stereocenters. The van der Waals surface area contributed by atoms with E-state index in [-0.39, 0.29) is 11.5 Å². The highest BCUT2D eigenvalue weighted by Crippen LogP contribution is 2.57. The Kier molecular flexibility index (Phi) is 6.62. The van der Waals surface area contributed by atoms with Crippen molar-refractivity contribution < 1.29 is 10.2 Å². The molecule has 0 aliphatic carbocycles. The van der Waals surface area contributed by atoms with Crippen LogP contribution in [-0.4, -0.2) is 10.2 Å². The zero-order valence-electron chi connectivity index (χ0n) is 21.1. The van der Waals surface area contributed by atoms with Crippen molar-refractivity contribution in [3.63, 3.8) is 0 Å². The van der Waals surface area contributed by atoms with Gasteiger partial charge in [0.05, 0.1) is 5.02 Å². The van der Waals surface area contributed by atoms with Gasteiger partial charge in [-0.05, 0) is 39.9 Å². The SMILES string of the molecule is Oc1cccc(Cl)c1-c1c(O)c(-c2ccccc2)c(-c2ccccc2)c(-c2ccccc2)c1-c1ccccc1. The molecule has 0 aliphatic heterocycles. The highest BCUT2D eigenvalue weighted by molar-refractivity contribution is 6.34. The molecule has 0 saturated heterocycles. The van der Waals surface area contributed by atoms with Gasteiger partial charge in [0.25, 0.3) is 0 Å². The van der Waals surface area contributed by atoms with Crippen LogP contribution in [0.5, 0.6) is 11.5 Å². The first-order chi connectivity index (χ1) is 19.1. The number of hydrogen-bond donors (Lipinski definition) is 2. The summed E-state index contributed by atoms with van der Waals surface area (Å²) in [5, 5.41) is 23.8. The molecule has 0 aromatic heterocycles. The zero-order chi connectivity index (χ0) is 26.8. The lowest BCUT2D eigenvalue weighted by molar-refractivity contribution is 0.470. The molecular formula is C36H25ClO2. The van der Waals surface area contributed by atoms with Gasteiger partial charge in [0.2, 0.25) is 0 Å². The highest BCUT2D eigenvalue weighted by Gasteiger charge is 2.30. The molecule has 0 aliphatic rings. The Morgan fingerprint density at radius 2 is 0.692 bits per heavy atom. The number of phenols is 2. The number of benzene rings is 6. The standard InChI is InChI=1S/C36H25ClO2/c37-28-22-13-23-29(38)34(28)35-32(26-18-9-3-10-19-26)30(24-14-5-1-6-15-24)31(25-16-7-2-8-17-25)33(36(35)39)27-20-11-4-12-21-27/h1-23,38-39H. The van der Waals surface area contributed by atoms with Crippen molar-refractivity contribution in [3.8, 4) is 67.1 Å². The normalized spacial score (nSPS) is 10.9. The first-order valence-electron chi connectivity index (χ1n) is 12.8. The first-order valence-corrected chi connectivity index (χ1v) is 13.2. The van der Waals surface area contributed by atoms with E-state index in [2.05, 4.69) is 24.3 Å². The molecule has 0 spiro atoms. The Morgan fingerprint density at radius 1 is 0.333 bits per heavy atom. The zero-order valence-corrected chi connectivity index (χ0v) is 21.8. The largest absolute Gasteiger partial charge is 0.507 e. The summed E-state index contributed by atoms with van der Waals surface area (Å²) in [7, 11) is 0. The Hall–Kier alpha value is -4.79. The third-order valence-corrected chi connectivity index (χ3v) is 7.28. The Morgan fingerprint density at radius 3 is 1.10 bits per heavy atom. The van der Waals surface area contributed by atoms with Crippen LogP contribution in [0, 0.1) is 0 Å². The van der Waals surface area contributed by atoms with E-state index in [0.717, 1.165) is 38.9 Å². The maximum Gasteiger partial charge on any atom is 0.132 e. The predicted octanol–water partition coefficient (Wildman–Crippen LogP) is 10.1. The summed E-state index contributed by atoms with van der Waals surface area (Å²) >= 11 is 6.78. The fourth-order valence-electron chi connectivity index (χ4n) is 5.31. The molecule has 188 valence electrons. The van der Waals surface area contributed by atoms with E-state index in [1.54, 1.807) is 18.2 Å². The highest BCUT2D eigenvalue weighted by atomic mass is 35.5. The van der Waals surface area contributed by atoms with Crippen molar-refractivity contribution in [2.45, 2.75) is 0 Å². The van der Waals surface area contributed by atoms with Crippen LogP contribution in [0.4, 0.5) is 0 Å². The van der Waals surface area contributed by atoms with Crippen LogP contribution in [0.1, 0.15) is 0 Å². The summed E-state index contributed by atoms with van der Waals surface area (Å²) < 4.78 is 0. The minimum absolute atomic E-state index is 0.000431. The summed E-state index contributed by atoms with van der Waals surface area (Å²) in [5.41, 5.74) is 7.91. The molecule has 3 heteroatoms. The van der Waals surface area contributed by atoms with Crippen molar-refractivity contribution in [1.82, 2.24) is 0 Å². The molecule has 2 N–H and O–H groups in total. The molecule has 0 amide bonds. The number of halogens is 1. The quantitative estimate of drug-likeness (QED) is 0.235. The molecular weight excluding hydrogens is 500 g/mol. The maximum absolute atomic E-state index is 12.3. The van der Waals surface area contributed by atoms with Gasteiger partial charge in [0, 0.05) is 27.8 Å². The van der Waals surface area contributed by atoms with Gasteiger partial charge in [-0.2, -0.15) is 0 Å². The molecule has 0 heterocycles. The number of aromatic hydroxyl groups is 2. The van der Waals surface area contributed by atoms with Gasteiger partial charge in [-0.3, -0.25) is 0 Å². The van der Waals surface area contributed by atoms with Crippen LogP contribution in [0.15, 0.2) is 140 Å². The summed E-state index contributed by atoms with van der Waals surface area (Å²) in [5.74, 6) is 0.0578. The van der Waals surface area contributed by atoms with Crippen molar-refractivity contribution in [2.75, 3.05) is 0 Å². The predicted molar refractivity (Wildman–Crippen MR) is 162 cm³/mol. The minimum atomic E-state index is 0.000431. The second-order valence-electron chi connectivity index (χ2n) is 9.32. The molecule has 6 rings (SSSR count). The summed E-state index contributed by atoms with van der Waals surface area (Å²) in [6.07, 6.45) is 0. The lowest BCUT2D eigenvalue weighted by atomic mass is 9.78. The van der Waals surface area contributed by atoms with Crippen molar-refractivity contribution >= 4 is 11.6 Å². The van der Waals surface area contributed by atoms with Crippen LogP contribution in [0.2, 0.25) is 5.02 Å². The van der Waals surface area contributed by atoms with Crippen LogP contribution in [0.25, 0.3) is 55.6 Å². The van der Waals surface area contributed by atoms with E-state index >= 15 is 0 Å². The van der Waals surface area contributed by atoms with Crippen LogP contribution in [0.3, 0.4) is 0 Å². The van der Waals surface area contributed by atoms with E-state index < -0.39 is 0 Å². The van der Waals surface area contributed by atoms with Crippen molar-refractivity contribution in [1.29, 1.82) is 0 Å². The van der Waals surface area contributed by atoms with Crippen molar-refractivity contribution in [2.24, 2.45) is 0 Å². The Labute approximate surface area is 233 Å². The third kappa shape index (κ3) is 4.46. The number of hydrogen-bond acceptors (Lipinski definition) is 2. The second kappa shape index (κ2) is 10.5. The summed E-state index contributed by atoms with van der Waals surface area (Å²) in [6.45, 7) is 0. The van der Waals surface area contributed by atoms with E-state index in [1.165, 1.54) is 0 Å². The molecule has 0 radical (unpaired) electrons. The summed E-state index contributed by atoms with van der Waals surface area (Å²) in [4.78, 5) is 0. The maximum atomic E-state index is 12.3. The van der Waals surface area contributed by atoms with Gasteiger partial charge >= 0.3 is 0 Å². The Balaban J connectivity index is 1.92. The topological polar surface area (TPSA) is 40.5 Å². The molecule has 2 nitrogen and oxygen atoms in total. The van der Waals surface area contributed by atoms with Gasteiger partial charge in [0.15, 0.2) is 0 Å². The van der Waals surface area contributed by atoms with E-state index in [1.807, 2.05) is 97.1 Å². The third-order valence-electron chi connectivity index (χ3n) is 6.97. The van der Waals surface area contributed by atoms with Crippen LogP contribution in [-0.2, 0) is 0 Å². The Bertz CT molecular complexity index is 1730. The van der Waals surface area contributed by atoms with E-state index in [9.17, 15) is 10.2 Å². The van der Waals surface area contributed by atoms with Crippen molar-refractivity contribution in [3.05, 3.63) is 145 Å². The molecule has 0 saturated carbocycles. The van der Waals surface area contributed by atoms with Crippen LogP contribution >= 0.6 is 11.6 Å². The van der Waals surface area contributed by atoms with Gasteiger partial charge in [0.1, 0.15) is 11.5 Å². The fraction of sp³-hybridized carbons (Fsp3) is 0. The molecule has 39 heavy (non-hydrogen) atoms. The average Bonchev–Trinajstić information content (AvgIpc) is 2.99. The molecule has 0 bridgehead atoms. The minimum Gasteiger partial charge on any atom is -0.507 e. The molecule has 0 unspecified atom stereocenters. The lowest BCUT2D eigenvalue weighted by Gasteiger charge is -2.26. The second-order valence-corrected chi connectivity index (χ2v) is 9.73. The average molecular weight is 525 g/mol. The summed E-state index contributed by atoms with van der Waals surface area (Å²) in [6, 6.07) is 45.2. The van der Waals surface area contributed by atoms with Gasteiger partial charge in [-0.15, -0.1) is 0 Å².